The average Bonchev–Trinajstić information content (AvgIpc) is 2.93. The minimum Gasteiger partial charge on any atom is -0.396 e. The van der Waals surface area contributed by atoms with E-state index in [1.165, 1.54) is 11.3 Å². The third kappa shape index (κ3) is 2.89. The number of hydrazine groups is 1. The Labute approximate surface area is 134 Å². The molecular weight excluding hydrogens is 286 g/mol. The van der Waals surface area contributed by atoms with Gasteiger partial charge in [-0.3, -0.25) is 0 Å². The number of nitrogens with zero attached hydrogens (tertiary/aromatic N) is 1. The standard InChI is InChI=1S/C18H17N5/c19-11-17(23-21)18(20)13-6-4-12(5-7-13)14-2-1-3-16-15(10-14)8-9-22-16/h1-2,4-10,22-23H,3,20-21H2/b18-17-. The van der Waals surface area contributed by atoms with Crippen LogP contribution in [0, 0.1) is 11.3 Å². The predicted octanol–water partition coefficient (Wildman–Crippen LogP) is 2.28. The monoisotopic (exact) mass is 303 g/mol. The third-order valence-electron chi connectivity index (χ3n) is 3.85. The molecule has 0 saturated carbocycles. The van der Waals surface area contributed by atoms with Gasteiger partial charge >= 0.3 is 0 Å². The number of nitrogens with one attached hydrogen (secondary N) is 2. The first-order chi connectivity index (χ1) is 11.2. The molecule has 1 aliphatic rings. The highest BCUT2D eigenvalue weighted by Gasteiger charge is 2.08. The summed E-state index contributed by atoms with van der Waals surface area (Å²) in [5, 5.41) is 8.97. The lowest BCUT2D eigenvalue weighted by Crippen LogP contribution is -2.23. The fraction of sp³-hybridized carbons (Fsp3) is 0.0556. The van der Waals surface area contributed by atoms with Gasteiger partial charge in [-0.15, -0.1) is 0 Å². The molecule has 0 aliphatic heterocycles. The lowest BCUT2D eigenvalue weighted by Gasteiger charge is -2.07. The van der Waals surface area contributed by atoms with Crippen LogP contribution in [0.4, 0.5) is 0 Å². The first kappa shape index (κ1) is 14.7. The molecule has 0 unspecified atom stereocenters. The molecule has 5 nitrogen and oxygen atoms in total. The van der Waals surface area contributed by atoms with Crippen molar-refractivity contribution < 1.29 is 0 Å². The number of rotatable bonds is 3. The molecule has 0 spiro atoms. The lowest BCUT2D eigenvalue weighted by atomic mass is 10.0. The van der Waals surface area contributed by atoms with E-state index in [1.54, 1.807) is 0 Å². The second-order valence-corrected chi connectivity index (χ2v) is 5.24. The fourth-order valence-corrected chi connectivity index (χ4v) is 2.58. The Balaban J connectivity index is 1.95. The molecule has 3 rings (SSSR count). The smallest absolute Gasteiger partial charge is 0.151 e. The maximum Gasteiger partial charge on any atom is 0.151 e. The first-order valence-electron chi connectivity index (χ1n) is 7.24. The molecular formula is C18H17N5. The fourth-order valence-electron chi connectivity index (χ4n) is 2.58. The summed E-state index contributed by atoms with van der Waals surface area (Å²) in [6, 6.07) is 11.8. The summed E-state index contributed by atoms with van der Waals surface area (Å²) in [5.41, 5.74) is 14.1. The average molecular weight is 303 g/mol. The lowest BCUT2D eigenvalue weighted by molar-refractivity contribution is 0.920. The van der Waals surface area contributed by atoms with Crippen LogP contribution in [0.15, 0.2) is 54.4 Å². The van der Waals surface area contributed by atoms with Crippen molar-refractivity contribution in [2.75, 3.05) is 0 Å². The number of allylic oxidation sites excluding steroid dienone is 4. The van der Waals surface area contributed by atoms with Crippen LogP contribution in [0.3, 0.4) is 0 Å². The quantitative estimate of drug-likeness (QED) is 0.397. The molecule has 0 radical (unpaired) electrons. The van der Waals surface area contributed by atoms with Crippen molar-refractivity contribution in [3.63, 3.8) is 0 Å². The van der Waals surface area contributed by atoms with Crippen molar-refractivity contribution >= 4 is 17.3 Å². The Kier molecular flexibility index (Phi) is 4.00. The molecule has 0 fully saturated rings. The maximum absolute atomic E-state index is 8.97. The summed E-state index contributed by atoms with van der Waals surface area (Å²) in [6.07, 6.45) is 9.26. The molecule has 5 heteroatoms. The second-order valence-electron chi connectivity index (χ2n) is 5.24. The largest absolute Gasteiger partial charge is 0.396 e. The topological polar surface area (TPSA) is 104 Å². The van der Waals surface area contributed by atoms with Crippen LogP contribution in [0.25, 0.3) is 17.3 Å². The van der Waals surface area contributed by atoms with Gasteiger partial charge in [-0.1, -0.05) is 36.4 Å². The Morgan fingerprint density at radius 2 is 2.00 bits per heavy atom. The molecule has 6 N–H and O–H groups in total. The van der Waals surface area contributed by atoms with E-state index in [0.717, 1.165) is 23.1 Å². The number of fused-ring (bicyclic) bond motifs is 1. The van der Waals surface area contributed by atoms with Gasteiger partial charge in [0, 0.05) is 23.9 Å². The van der Waals surface area contributed by atoms with Gasteiger partial charge in [0.15, 0.2) is 5.70 Å². The SMILES string of the molecule is N#C/C(NN)=C(/N)c1ccc(C2=Cc3cc[nH]c3CC=C2)cc1. The van der Waals surface area contributed by atoms with Gasteiger partial charge in [0.1, 0.15) is 6.07 Å². The predicted molar refractivity (Wildman–Crippen MR) is 92.0 cm³/mol. The zero-order valence-electron chi connectivity index (χ0n) is 12.5. The highest BCUT2D eigenvalue weighted by Crippen LogP contribution is 2.25. The van der Waals surface area contributed by atoms with Crippen LogP contribution in [-0.4, -0.2) is 4.98 Å². The summed E-state index contributed by atoms with van der Waals surface area (Å²) in [5.74, 6) is 5.29. The van der Waals surface area contributed by atoms with E-state index < -0.39 is 0 Å². The van der Waals surface area contributed by atoms with Crippen molar-refractivity contribution in [2.24, 2.45) is 11.6 Å². The number of H-pyrrole nitrogens is 1. The number of hydrogen-bond donors (Lipinski definition) is 4. The summed E-state index contributed by atoms with van der Waals surface area (Å²) < 4.78 is 0. The molecule has 23 heavy (non-hydrogen) atoms. The van der Waals surface area contributed by atoms with E-state index in [-0.39, 0.29) is 5.70 Å². The van der Waals surface area contributed by atoms with E-state index in [2.05, 4.69) is 34.7 Å². The zero-order valence-corrected chi connectivity index (χ0v) is 12.5. The molecule has 0 atom stereocenters. The Bertz CT molecular complexity index is 844. The van der Waals surface area contributed by atoms with E-state index >= 15 is 0 Å². The van der Waals surface area contributed by atoms with Crippen LogP contribution in [0.1, 0.15) is 22.4 Å². The number of aromatic nitrogens is 1. The number of aromatic amines is 1. The highest BCUT2D eigenvalue weighted by atomic mass is 15.2. The number of nitrogens with two attached hydrogens (primary N) is 2. The first-order valence-corrected chi connectivity index (χ1v) is 7.24. The molecule has 0 bridgehead atoms. The van der Waals surface area contributed by atoms with Crippen molar-refractivity contribution in [3.05, 3.63) is 76.8 Å². The van der Waals surface area contributed by atoms with Crippen molar-refractivity contribution in [3.8, 4) is 6.07 Å². The highest BCUT2D eigenvalue weighted by molar-refractivity contribution is 5.89. The number of benzene rings is 1. The van der Waals surface area contributed by atoms with Gasteiger partial charge < -0.3 is 16.1 Å². The van der Waals surface area contributed by atoms with Crippen molar-refractivity contribution in [1.82, 2.24) is 10.4 Å². The Morgan fingerprint density at radius 3 is 2.70 bits per heavy atom. The summed E-state index contributed by atoms with van der Waals surface area (Å²) in [4.78, 5) is 3.25. The zero-order chi connectivity index (χ0) is 16.2. The number of nitriles is 1. The molecule has 0 saturated heterocycles. The molecule has 114 valence electrons. The van der Waals surface area contributed by atoms with E-state index in [9.17, 15) is 0 Å². The van der Waals surface area contributed by atoms with Gasteiger partial charge in [0.2, 0.25) is 0 Å². The third-order valence-corrected chi connectivity index (χ3v) is 3.85. The van der Waals surface area contributed by atoms with Crippen LogP contribution >= 0.6 is 0 Å². The Morgan fingerprint density at radius 1 is 1.22 bits per heavy atom. The number of hydrogen-bond acceptors (Lipinski definition) is 4. The van der Waals surface area contributed by atoms with Crippen molar-refractivity contribution in [1.29, 1.82) is 5.26 Å². The molecule has 1 aromatic heterocycles. The van der Waals surface area contributed by atoms with E-state index in [0.29, 0.717) is 5.70 Å². The molecule has 2 aromatic rings. The van der Waals surface area contributed by atoms with Gasteiger partial charge in [0.05, 0.1) is 5.70 Å². The van der Waals surface area contributed by atoms with Gasteiger partial charge in [-0.05, 0) is 28.8 Å². The molecule has 1 aromatic carbocycles. The van der Waals surface area contributed by atoms with Crippen LogP contribution < -0.4 is 17.0 Å². The minimum atomic E-state index is 0.156. The summed E-state index contributed by atoms with van der Waals surface area (Å²) in [6.45, 7) is 0. The maximum atomic E-state index is 8.97. The van der Waals surface area contributed by atoms with Gasteiger partial charge in [-0.25, -0.2) is 5.84 Å². The summed E-state index contributed by atoms with van der Waals surface area (Å²) >= 11 is 0. The molecule has 1 heterocycles. The van der Waals surface area contributed by atoms with Crippen LogP contribution in [0.5, 0.6) is 0 Å². The van der Waals surface area contributed by atoms with Gasteiger partial charge in [-0.2, -0.15) is 5.26 Å². The molecule has 1 aliphatic carbocycles. The van der Waals surface area contributed by atoms with Crippen LogP contribution in [-0.2, 0) is 6.42 Å². The van der Waals surface area contributed by atoms with Crippen molar-refractivity contribution in [2.45, 2.75) is 6.42 Å². The Hall–Kier alpha value is -3.23. The van der Waals surface area contributed by atoms with E-state index in [4.69, 9.17) is 16.8 Å². The van der Waals surface area contributed by atoms with Crippen LogP contribution in [0.2, 0.25) is 0 Å². The van der Waals surface area contributed by atoms with E-state index in [1.807, 2.05) is 36.5 Å². The van der Waals surface area contributed by atoms with Gasteiger partial charge in [0.25, 0.3) is 0 Å². The molecule has 0 amide bonds. The summed E-state index contributed by atoms with van der Waals surface area (Å²) in [7, 11) is 0. The minimum absolute atomic E-state index is 0.156. The second kappa shape index (κ2) is 6.26. The normalized spacial score (nSPS) is 14.2.